The Morgan fingerprint density at radius 1 is 1.45 bits per heavy atom. The molecule has 1 aliphatic rings. The maximum atomic E-state index is 10.1. The number of hydrogen-bond donors (Lipinski definition) is 2. The zero-order valence-electron chi connectivity index (χ0n) is 14.6. The smallest absolute Gasteiger partial charge is 0.0978 e. The highest BCUT2D eigenvalue weighted by Crippen LogP contribution is 2.49. The third-order valence-electron chi connectivity index (χ3n) is 5.15. The van der Waals surface area contributed by atoms with Crippen molar-refractivity contribution >= 4 is 0 Å². The molecule has 124 valence electrons. The summed E-state index contributed by atoms with van der Waals surface area (Å²) in [5, 5.41) is 19.3. The second kappa shape index (κ2) is 7.43. The quantitative estimate of drug-likeness (QED) is 0.713. The van der Waals surface area contributed by atoms with Crippen molar-refractivity contribution in [3.63, 3.8) is 0 Å². The Kier molecular flexibility index (Phi) is 6.39. The summed E-state index contributed by atoms with van der Waals surface area (Å²) in [5.74, 6) is 0.795. The Labute approximate surface area is 135 Å². The lowest BCUT2D eigenvalue weighted by Crippen LogP contribution is -2.37. The fourth-order valence-corrected chi connectivity index (χ4v) is 3.24. The fraction of sp³-hybridized carbons (Fsp3) is 0.600. The van der Waals surface area contributed by atoms with E-state index < -0.39 is 5.60 Å². The molecule has 0 saturated heterocycles. The lowest BCUT2D eigenvalue weighted by molar-refractivity contribution is 0.124. The summed E-state index contributed by atoms with van der Waals surface area (Å²) in [6, 6.07) is 0. The van der Waals surface area contributed by atoms with Gasteiger partial charge >= 0.3 is 0 Å². The SMILES string of the molecule is C=CC(C)(O)/C=C/[C@H]1C(=C)CC[C@H](C/C=C(\C)CO)C1(C)C. The molecular formula is C20H32O2. The average Bonchev–Trinajstić information content (AvgIpc) is 2.45. The van der Waals surface area contributed by atoms with Crippen LogP contribution in [0.5, 0.6) is 0 Å². The maximum absolute atomic E-state index is 10.1. The van der Waals surface area contributed by atoms with Gasteiger partial charge in [0.15, 0.2) is 0 Å². The molecule has 0 spiro atoms. The van der Waals surface area contributed by atoms with Crippen LogP contribution in [0, 0.1) is 17.3 Å². The first-order valence-corrected chi connectivity index (χ1v) is 8.13. The molecule has 3 atom stereocenters. The Bertz CT molecular complexity index is 466. The van der Waals surface area contributed by atoms with Crippen LogP contribution in [-0.4, -0.2) is 22.4 Å². The molecule has 0 aromatic heterocycles. The summed E-state index contributed by atoms with van der Waals surface area (Å²) in [7, 11) is 0. The zero-order valence-corrected chi connectivity index (χ0v) is 14.6. The van der Waals surface area contributed by atoms with Crippen molar-refractivity contribution < 1.29 is 10.2 Å². The van der Waals surface area contributed by atoms with Gasteiger partial charge in [0.05, 0.1) is 12.2 Å². The molecule has 1 aliphatic carbocycles. The second-order valence-corrected chi connectivity index (χ2v) is 7.43. The van der Waals surface area contributed by atoms with Crippen LogP contribution in [0.2, 0.25) is 0 Å². The monoisotopic (exact) mass is 304 g/mol. The number of aliphatic hydroxyl groups is 2. The van der Waals surface area contributed by atoms with Crippen LogP contribution < -0.4 is 0 Å². The second-order valence-electron chi connectivity index (χ2n) is 7.43. The molecule has 2 N–H and O–H groups in total. The van der Waals surface area contributed by atoms with Crippen molar-refractivity contribution in [3.05, 3.63) is 48.6 Å². The molecular weight excluding hydrogens is 272 g/mol. The Morgan fingerprint density at radius 2 is 2.09 bits per heavy atom. The van der Waals surface area contributed by atoms with Crippen LogP contribution in [0.4, 0.5) is 0 Å². The van der Waals surface area contributed by atoms with Gasteiger partial charge in [-0.25, -0.2) is 0 Å². The van der Waals surface area contributed by atoms with Gasteiger partial charge in [-0.2, -0.15) is 0 Å². The molecule has 0 radical (unpaired) electrons. The van der Waals surface area contributed by atoms with Crippen LogP contribution >= 0.6 is 0 Å². The molecule has 0 bridgehead atoms. The Balaban J connectivity index is 2.96. The summed E-state index contributed by atoms with van der Waals surface area (Å²) >= 11 is 0. The molecule has 1 rings (SSSR count). The highest BCUT2D eigenvalue weighted by Gasteiger charge is 2.40. The van der Waals surface area contributed by atoms with Crippen LogP contribution in [0.15, 0.2) is 48.6 Å². The van der Waals surface area contributed by atoms with Crippen LogP contribution in [0.3, 0.4) is 0 Å². The predicted octanol–water partition coefficient (Wildman–Crippen LogP) is 4.42. The van der Waals surface area contributed by atoms with E-state index in [1.54, 1.807) is 13.0 Å². The molecule has 1 fully saturated rings. The minimum Gasteiger partial charge on any atom is -0.392 e. The molecule has 0 amide bonds. The van der Waals surface area contributed by atoms with E-state index >= 15 is 0 Å². The highest BCUT2D eigenvalue weighted by molar-refractivity contribution is 5.22. The number of aliphatic hydroxyl groups excluding tert-OH is 1. The van der Waals surface area contributed by atoms with E-state index in [0.29, 0.717) is 5.92 Å². The van der Waals surface area contributed by atoms with Gasteiger partial charge in [0.2, 0.25) is 0 Å². The number of hydrogen-bond acceptors (Lipinski definition) is 2. The molecule has 0 aromatic carbocycles. The molecule has 0 heterocycles. The molecule has 0 aliphatic heterocycles. The van der Waals surface area contributed by atoms with Crippen LogP contribution in [-0.2, 0) is 0 Å². The summed E-state index contributed by atoms with van der Waals surface area (Å²) in [5.41, 5.74) is 1.37. The normalized spacial score (nSPS) is 28.6. The van der Waals surface area contributed by atoms with E-state index in [2.05, 4.69) is 39.2 Å². The zero-order chi connectivity index (χ0) is 17.0. The lowest BCUT2D eigenvalue weighted by Gasteiger charge is -2.45. The largest absolute Gasteiger partial charge is 0.392 e. The van der Waals surface area contributed by atoms with E-state index in [4.69, 9.17) is 5.11 Å². The van der Waals surface area contributed by atoms with Crippen molar-refractivity contribution in [3.8, 4) is 0 Å². The van der Waals surface area contributed by atoms with Gasteiger partial charge in [0.25, 0.3) is 0 Å². The average molecular weight is 304 g/mol. The molecule has 2 nitrogen and oxygen atoms in total. The van der Waals surface area contributed by atoms with Gasteiger partial charge < -0.3 is 10.2 Å². The Morgan fingerprint density at radius 3 is 2.64 bits per heavy atom. The third-order valence-corrected chi connectivity index (χ3v) is 5.15. The van der Waals surface area contributed by atoms with Crippen molar-refractivity contribution in [2.45, 2.75) is 52.6 Å². The minimum absolute atomic E-state index is 0.0787. The first kappa shape index (κ1) is 18.9. The van der Waals surface area contributed by atoms with E-state index in [0.717, 1.165) is 24.8 Å². The molecule has 0 aromatic rings. The summed E-state index contributed by atoms with van der Waals surface area (Å²) < 4.78 is 0. The third kappa shape index (κ3) is 4.69. The molecule has 1 saturated carbocycles. The van der Waals surface area contributed by atoms with E-state index in [-0.39, 0.29) is 17.9 Å². The van der Waals surface area contributed by atoms with Gasteiger partial charge in [0.1, 0.15) is 0 Å². The first-order valence-electron chi connectivity index (χ1n) is 8.13. The lowest BCUT2D eigenvalue weighted by atomic mass is 9.59. The van der Waals surface area contributed by atoms with Gasteiger partial charge in [0, 0.05) is 5.92 Å². The van der Waals surface area contributed by atoms with E-state index in [9.17, 15) is 5.11 Å². The Hall–Kier alpha value is -1.12. The molecule has 1 unspecified atom stereocenters. The first-order chi connectivity index (χ1) is 10.1. The van der Waals surface area contributed by atoms with E-state index in [1.165, 1.54) is 5.57 Å². The summed E-state index contributed by atoms with van der Waals surface area (Å²) in [6.45, 7) is 16.3. The van der Waals surface area contributed by atoms with Crippen molar-refractivity contribution in [2.24, 2.45) is 17.3 Å². The van der Waals surface area contributed by atoms with Crippen molar-refractivity contribution in [2.75, 3.05) is 6.61 Å². The summed E-state index contributed by atoms with van der Waals surface area (Å²) in [4.78, 5) is 0. The molecule has 2 heteroatoms. The van der Waals surface area contributed by atoms with Crippen molar-refractivity contribution in [1.29, 1.82) is 0 Å². The van der Waals surface area contributed by atoms with Crippen LogP contribution in [0.25, 0.3) is 0 Å². The highest BCUT2D eigenvalue weighted by atomic mass is 16.3. The van der Waals surface area contributed by atoms with Gasteiger partial charge in [-0.3, -0.25) is 0 Å². The number of allylic oxidation sites excluding steroid dienone is 3. The topological polar surface area (TPSA) is 40.5 Å². The van der Waals surface area contributed by atoms with Gasteiger partial charge in [-0.1, -0.05) is 62.5 Å². The summed E-state index contributed by atoms with van der Waals surface area (Å²) in [6.07, 6.45) is 10.8. The maximum Gasteiger partial charge on any atom is 0.0978 e. The van der Waals surface area contributed by atoms with E-state index in [1.807, 2.05) is 13.0 Å². The number of rotatable bonds is 6. The minimum atomic E-state index is -0.976. The predicted molar refractivity (Wildman–Crippen MR) is 94.6 cm³/mol. The van der Waals surface area contributed by atoms with Gasteiger partial charge in [-0.05, 0) is 44.4 Å². The fourth-order valence-electron chi connectivity index (χ4n) is 3.24. The van der Waals surface area contributed by atoms with Gasteiger partial charge in [-0.15, -0.1) is 0 Å². The molecule has 22 heavy (non-hydrogen) atoms. The van der Waals surface area contributed by atoms with Crippen molar-refractivity contribution in [1.82, 2.24) is 0 Å². The standard InChI is InChI=1S/C20H32O2/c1-7-20(6,22)13-12-18-16(3)9-11-17(19(18,4)5)10-8-15(2)14-21/h7-8,12-13,17-18,21-22H,1,3,9-11,14H2,2,4-6H3/b13-12+,15-8+/t17-,18-,20?/m0/s1. The van der Waals surface area contributed by atoms with Crippen LogP contribution in [0.1, 0.15) is 47.0 Å².